The van der Waals surface area contributed by atoms with Gasteiger partial charge in [0.1, 0.15) is 0 Å². The van der Waals surface area contributed by atoms with Gasteiger partial charge in [0.05, 0.1) is 8.07 Å². The Kier molecular flexibility index (Phi) is 6.27. The van der Waals surface area contributed by atoms with Gasteiger partial charge < -0.3 is 0 Å². The number of hydrogen-bond donors (Lipinski definition) is 0. The first-order valence-corrected chi connectivity index (χ1v) is 16.7. The van der Waals surface area contributed by atoms with E-state index < -0.39 is 8.07 Å². The minimum absolute atomic E-state index is 1.19. The second-order valence-corrected chi connectivity index (χ2v) is 16.1. The van der Waals surface area contributed by atoms with Crippen LogP contribution in [0.4, 0.5) is 0 Å². The molecule has 0 bridgehead atoms. The molecular formula is C36H31NSi. The van der Waals surface area contributed by atoms with Crippen molar-refractivity contribution in [2.45, 2.75) is 19.6 Å². The molecular weight excluding hydrogens is 474 g/mol. The fourth-order valence-corrected chi connectivity index (χ4v) is 6.19. The first kappa shape index (κ1) is 24.1. The van der Waals surface area contributed by atoms with Crippen LogP contribution < -0.4 is 5.19 Å². The average molecular weight is 506 g/mol. The molecule has 0 N–H and O–H groups in total. The highest BCUT2D eigenvalue weighted by atomic mass is 28.3. The van der Waals surface area contributed by atoms with Crippen molar-refractivity contribution in [1.82, 2.24) is 4.98 Å². The minimum atomic E-state index is -1.27. The highest BCUT2D eigenvalue weighted by molar-refractivity contribution is 6.88. The third-order valence-electron chi connectivity index (χ3n) is 7.37. The second-order valence-electron chi connectivity index (χ2n) is 11.0. The van der Waals surface area contributed by atoms with Gasteiger partial charge in [-0.05, 0) is 79.5 Å². The van der Waals surface area contributed by atoms with Crippen molar-refractivity contribution in [3.63, 3.8) is 0 Å². The molecule has 0 saturated carbocycles. The van der Waals surface area contributed by atoms with Gasteiger partial charge in [0.2, 0.25) is 0 Å². The average Bonchev–Trinajstić information content (AvgIpc) is 2.97. The Morgan fingerprint density at radius 3 is 1.08 bits per heavy atom. The van der Waals surface area contributed by atoms with Crippen molar-refractivity contribution >= 4 is 24.0 Å². The SMILES string of the molecule is C[Si](C)(C)c1ccc(-c2ccc(-c3ccc4cc(-c5ccc(-c6ccncc6)cc5)ccc4c3)cc2)cc1. The molecule has 2 heteroatoms. The Hall–Kier alpha value is -4.27. The van der Waals surface area contributed by atoms with E-state index in [1.165, 1.54) is 60.5 Å². The van der Waals surface area contributed by atoms with E-state index in [9.17, 15) is 0 Å². The Balaban J connectivity index is 1.23. The molecule has 0 saturated heterocycles. The maximum Gasteiger partial charge on any atom is 0.0775 e. The van der Waals surface area contributed by atoms with Crippen LogP contribution in [0, 0.1) is 0 Å². The fraction of sp³-hybridized carbons (Fsp3) is 0.0833. The van der Waals surface area contributed by atoms with Crippen molar-refractivity contribution < 1.29 is 0 Å². The number of nitrogens with zero attached hydrogens (tertiary/aromatic N) is 1. The third-order valence-corrected chi connectivity index (χ3v) is 9.44. The number of hydrogen-bond acceptors (Lipinski definition) is 1. The minimum Gasteiger partial charge on any atom is -0.265 e. The summed E-state index contributed by atoms with van der Waals surface area (Å²) in [7, 11) is -1.27. The van der Waals surface area contributed by atoms with Crippen LogP contribution in [0.25, 0.3) is 55.3 Å². The lowest BCUT2D eigenvalue weighted by molar-refractivity contribution is 1.33. The van der Waals surface area contributed by atoms with Crippen LogP contribution in [0.1, 0.15) is 0 Å². The Labute approximate surface area is 226 Å². The van der Waals surface area contributed by atoms with Crippen LogP contribution in [-0.2, 0) is 0 Å². The maximum atomic E-state index is 4.12. The van der Waals surface area contributed by atoms with Gasteiger partial charge in [0.25, 0.3) is 0 Å². The third kappa shape index (κ3) is 4.96. The smallest absolute Gasteiger partial charge is 0.0775 e. The largest absolute Gasteiger partial charge is 0.265 e. The summed E-state index contributed by atoms with van der Waals surface area (Å²) in [5.74, 6) is 0. The Morgan fingerprint density at radius 2 is 0.684 bits per heavy atom. The van der Waals surface area contributed by atoms with Gasteiger partial charge >= 0.3 is 0 Å². The molecule has 0 fully saturated rings. The zero-order valence-electron chi connectivity index (χ0n) is 22.1. The predicted octanol–water partition coefficient (Wildman–Crippen LogP) is 9.45. The first-order chi connectivity index (χ1) is 18.4. The number of pyridine rings is 1. The van der Waals surface area contributed by atoms with Crippen LogP contribution in [0.5, 0.6) is 0 Å². The predicted molar refractivity (Wildman–Crippen MR) is 166 cm³/mol. The number of fused-ring (bicyclic) bond motifs is 1. The lowest BCUT2D eigenvalue weighted by Crippen LogP contribution is -2.37. The topological polar surface area (TPSA) is 12.9 Å². The lowest BCUT2D eigenvalue weighted by atomic mass is 9.96. The van der Waals surface area contributed by atoms with E-state index in [2.05, 4.69) is 134 Å². The van der Waals surface area contributed by atoms with Gasteiger partial charge in [-0.3, -0.25) is 4.98 Å². The van der Waals surface area contributed by atoms with Crippen LogP contribution in [0.2, 0.25) is 19.6 Å². The van der Waals surface area contributed by atoms with Gasteiger partial charge in [-0.1, -0.05) is 122 Å². The summed E-state index contributed by atoms with van der Waals surface area (Å²) < 4.78 is 0. The van der Waals surface area contributed by atoms with E-state index in [0.29, 0.717) is 0 Å². The molecule has 1 heterocycles. The quantitative estimate of drug-likeness (QED) is 0.213. The molecule has 1 aromatic heterocycles. The molecule has 6 aromatic rings. The van der Waals surface area contributed by atoms with E-state index in [4.69, 9.17) is 0 Å². The van der Waals surface area contributed by atoms with Crippen molar-refractivity contribution in [3.8, 4) is 44.5 Å². The van der Waals surface area contributed by atoms with Crippen molar-refractivity contribution in [3.05, 3.63) is 134 Å². The van der Waals surface area contributed by atoms with Crippen LogP contribution in [0.3, 0.4) is 0 Å². The standard InChI is InChI=1S/C36H31NSi/c1-38(2,3)36-18-16-28(17-19-36)26-4-8-29(9-5-26)32-12-14-35-25-33(13-15-34(35)24-32)30-10-6-27(7-11-30)31-20-22-37-23-21-31/h4-25H,1-3H3. The molecule has 0 aliphatic heterocycles. The fourth-order valence-electron chi connectivity index (χ4n) is 5.02. The Bertz CT molecular complexity index is 1690. The molecule has 38 heavy (non-hydrogen) atoms. The maximum absolute atomic E-state index is 4.12. The summed E-state index contributed by atoms with van der Waals surface area (Å²) in [5, 5.41) is 4.01. The summed E-state index contributed by atoms with van der Waals surface area (Å²) in [6.45, 7) is 7.17. The van der Waals surface area contributed by atoms with Crippen molar-refractivity contribution in [1.29, 1.82) is 0 Å². The van der Waals surface area contributed by atoms with E-state index in [0.717, 1.165) is 0 Å². The van der Waals surface area contributed by atoms with E-state index >= 15 is 0 Å². The lowest BCUT2D eigenvalue weighted by Gasteiger charge is -2.16. The van der Waals surface area contributed by atoms with Crippen molar-refractivity contribution in [2.75, 3.05) is 0 Å². The molecule has 1 nitrogen and oxygen atoms in total. The van der Waals surface area contributed by atoms with Crippen LogP contribution in [-0.4, -0.2) is 13.1 Å². The molecule has 0 atom stereocenters. The first-order valence-electron chi connectivity index (χ1n) is 13.2. The molecule has 0 amide bonds. The number of benzene rings is 5. The van der Waals surface area contributed by atoms with E-state index in [1.54, 1.807) is 0 Å². The van der Waals surface area contributed by atoms with Gasteiger partial charge in [0, 0.05) is 12.4 Å². The van der Waals surface area contributed by atoms with Crippen molar-refractivity contribution in [2.24, 2.45) is 0 Å². The van der Waals surface area contributed by atoms with E-state index in [-0.39, 0.29) is 0 Å². The number of rotatable bonds is 5. The molecule has 0 unspecified atom stereocenters. The zero-order valence-corrected chi connectivity index (χ0v) is 23.1. The summed E-state index contributed by atoms with van der Waals surface area (Å²) in [4.78, 5) is 4.12. The van der Waals surface area contributed by atoms with Gasteiger partial charge in [-0.2, -0.15) is 0 Å². The highest BCUT2D eigenvalue weighted by Crippen LogP contribution is 2.31. The van der Waals surface area contributed by atoms with Gasteiger partial charge in [-0.25, -0.2) is 0 Å². The normalized spacial score (nSPS) is 11.6. The second kappa shape index (κ2) is 9.89. The molecule has 0 aliphatic rings. The molecule has 0 spiro atoms. The van der Waals surface area contributed by atoms with Crippen LogP contribution >= 0.6 is 0 Å². The molecule has 0 aliphatic carbocycles. The van der Waals surface area contributed by atoms with Gasteiger partial charge in [-0.15, -0.1) is 0 Å². The Morgan fingerprint density at radius 1 is 0.368 bits per heavy atom. The summed E-state index contributed by atoms with van der Waals surface area (Å²) in [5.41, 5.74) is 9.87. The summed E-state index contributed by atoms with van der Waals surface area (Å²) in [6.07, 6.45) is 3.67. The summed E-state index contributed by atoms with van der Waals surface area (Å²) >= 11 is 0. The molecule has 0 radical (unpaired) electrons. The highest BCUT2D eigenvalue weighted by Gasteiger charge is 2.15. The zero-order chi connectivity index (χ0) is 26.1. The molecule has 6 rings (SSSR count). The number of aromatic nitrogens is 1. The molecule has 5 aromatic carbocycles. The summed E-state index contributed by atoms with van der Waals surface area (Å²) in [6, 6.07) is 44.5. The molecule has 184 valence electrons. The van der Waals surface area contributed by atoms with E-state index in [1.807, 2.05) is 24.5 Å². The van der Waals surface area contributed by atoms with Crippen LogP contribution in [0.15, 0.2) is 134 Å². The monoisotopic (exact) mass is 505 g/mol. The van der Waals surface area contributed by atoms with Gasteiger partial charge in [0.15, 0.2) is 0 Å².